The van der Waals surface area contributed by atoms with Gasteiger partial charge in [-0.15, -0.1) is 12.4 Å². The van der Waals surface area contributed by atoms with E-state index < -0.39 is 0 Å². The van der Waals surface area contributed by atoms with Crippen molar-refractivity contribution in [1.29, 1.82) is 0 Å². The van der Waals surface area contributed by atoms with Gasteiger partial charge in [-0.3, -0.25) is 4.79 Å². The van der Waals surface area contributed by atoms with Gasteiger partial charge in [-0.25, -0.2) is 0 Å². The summed E-state index contributed by atoms with van der Waals surface area (Å²) in [5, 5.41) is 3.17. The molecule has 0 atom stereocenters. The van der Waals surface area contributed by atoms with Crippen LogP contribution in [0.25, 0.3) is 0 Å². The third-order valence-electron chi connectivity index (χ3n) is 5.30. The molecule has 2 aliphatic heterocycles. The molecule has 2 saturated heterocycles. The number of benzene rings is 1. The smallest absolute Gasteiger partial charge is 0.254 e. The Kier molecular flexibility index (Phi) is 7.53. The van der Waals surface area contributed by atoms with E-state index >= 15 is 0 Å². The molecular formula is C19H30ClN3O. The first-order valence-electron chi connectivity index (χ1n) is 9.05. The molecule has 1 amide bonds. The van der Waals surface area contributed by atoms with E-state index in [0.29, 0.717) is 6.04 Å². The topological polar surface area (TPSA) is 35.6 Å². The summed E-state index contributed by atoms with van der Waals surface area (Å²) in [7, 11) is 1.95. The summed E-state index contributed by atoms with van der Waals surface area (Å²) < 4.78 is 0. The molecule has 1 N–H and O–H groups in total. The molecule has 0 bridgehead atoms. The van der Waals surface area contributed by atoms with Gasteiger partial charge in [0, 0.05) is 24.7 Å². The molecule has 1 aromatic rings. The largest absolute Gasteiger partial charge is 0.339 e. The van der Waals surface area contributed by atoms with Crippen molar-refractivity contribution in [3.63, 3.8) is 0 Å². The Bertz CT molecular complexity index is 523. The molecule has 2 aliphatic rings. The quantitative estimate of drug-likeness (QED) is 0.885. The summed E-state index contributed by atoms with van der Waals surface area (Å²) in [4.78, 5) is 17.6. The zero-order chi connectivity index (χ0) is 16.1. The average Bonchev–Trinajstić information content (AvgIpc) is 3.14. The first-order chi connectivity index (χ1) is 11.3. The molecule has 24 heavy (non-hydrogen) atoms. The first-order valence-corrected chi connectivity index (χ1v) is 9.05. The predicted octanol–water partition coefficient (Wildman–Crippen LogP) is 2.57. The van der Waals surface area contributed by atoms with E-state index in [4.69, 9.17) is 0 Å². The van der Waals surface area contributed by atoms with Crippen LogP contribution in [0, 0.1) is 0 Å². The Morgan fingerprint density at radius 2 is 1.79 bits per heavy atom. The van der Waals surface area contributed by atoms with Crippen molar-refractivity contribution < 1.29 is 4.79 Å². The highest BCUT2D eigenvalue weighted by atomic mass is 35.5. The van der Waals surface area contributed by atoms with Crippen molar-refractivity contribution in [2.24, 2.45) is 0 Å². The summed E-state index contributed by atoms with van der Waals surface area (Å²) in [6.07, 6.45) is 5.85. The molecular weight excluding hydrogens is 322 g/mol. The minimum absolute atomic E-state index is 0. The van der Waals surface area contributed by atoms with Crippen LogP contribution in [0.1, 0.15) is 41.6 Å². The SMILES string of the molecule is CNCCc1ccccc1C(=O)N1CCC(N2CCCC2)CC1.Cl. The minimum Gasteiger partial charge on any atom is -0.339 e. The molecule has 2 fully saturated rings. The van der Waals surface area contributed by atoms with Crippen LogP contribution in [-0.2, 0) is 6.42 Å². The molecule has 0 aromatic heterocycles. The third kappa shape index (κ3) is 4.50. The van der Waals surface area contributed by atoms with Crippen LogP contribution in [0.2, 0.25) is 0 Å². The second kappa shape index (κ2) is 9.40. The van der Waals surface area contributed by atoms with Gasteiger partial charge in [-0.05, 0) is 70.4 Å². The van der Waals surface area contributed by atoms with Gasteiger partial charge in [0.1, 0.15) is 0 Å². The lowest BCUT2D eigenvalue weighted by molar-refractivity contribution is 0.0643. The van der Waals surface area contributed by atoms with Crippen LogP contribution in [0.3, 0.4) is 0 Å². The zero-order valence-electron chi connectivity index (χ0n) is 14.7. The van der Waals surface area contributed by atoms with Crippen LogP contribution >= 0.6 is 12.4 Å². The number of rotatable bonds is 5. The normalized spacial score (nSPS) is 19.3. The molecule has 0 unspecified atom stereocenters. The number of amides is 1. The van der Waals surface area contributed by atoms with E-state index in [9.17, 15) is 4.79 Å². The number of carbonyl (C=O) groups is 1. The highest BCUT2D eigenvalue weighted by molar-refractivity contribution is 5.95. The van der Waals surface area contributed by atoms with E-state index in [2.05, 4.69) is 21.2 Å². The van der Waals surface area contributed by atoms with E-state index in [-0.39, 0.29) is 18.3 Å². The van der Waals surface area contributed by atoms with Gasteiger partial charge in [0.05, 0.1) is 0 Å². The van der Waals surface area contributed by atoms with Crippen molar-refractivity contribution >= 4 is 18.3 Å². The molecule has 0 aliphatic carbocycles. The summed E-state index contributed by atoms with van der Waals surface area (Å²) in [6.45, 7) is 5.22. The average molecular weight is 352 g/mol. The van der Waals surface area contributed by atoms with Crippen molar-refractivity contribution in [2.45, 2.75) is 38.1 Å². The molecule has 1 aromatic carbocycles. The van der Waals surface area contributed by atoms with Crippen molar-refractivity contribution in [3.05, 3.63) is 35.4 Å². The fourth-order valence-electron chi connectivity index (χ4n) is 3.92. The summed E-state index contributed by atoms with van der Waals surface area (Å²) in [5.74, 6) is 0.219. The second-order valence-corrected chi connectivity index (χ2v) is 6.78. The molecule has 0 spiro atoms. The van der Waals surface area contributed by atoms with Crippen LogP contribution in [0.5, 0.6) is 0 Å². The van der Waals surface area contributed by atoms with E-state index in [1.807, 2.05) is 25.2 Å². The number of hydrogen-bond donors (Lipinski definition) is 1. The highest BCUT2D eigenvalue weighted by Gasteiger charge is 2.29. The van der Waals surface area contributed by atoms with E-state index in [1.54, 1.807) is 0 Å². The molecule has 4 nitrogen and oxygen atoms in total. The van der Waals surface area contributed by atoms with Gasteiger partial charge >= 0.3 is 0 Å². The van der Waals surface area contributed by atoms with Gasteiger partial charge < -0.3 is 15.1 Å². The van der Waals surface area contributed by atoms with Gasteiger partial charge in [0.15, 0.2) is 0 Å². The summed E-state index contributed by atoms with van der Waals surface area (Å²) in [6, 6.07) is 8.77. The lowest BCUT2D eigenvalue weighted by Crippen LogP contribution is -2.46. The maximum absolute atomic E-state index is 12.9. The second-order valence-electron chi connectivity index (χ2n) is 6.78. The van der Waals surface area contributed by atoms with Gasteiger partial charge in [0.25, 0.3) is 5.91 Å². The zero-order valence-corrected chi connectivity index (χ0v) is 15.5. The van der Waals surface area contributed by atoms with Crippen LogP contribution in [0.4, 0.5) is 0 Å². The molecule has 3 rings (SSSR count). The van der Waals surface area contributed by atoms with E-state index in [0.717, 1.165) is 50.0 Å². The summed E-state index contributed by atoms with van der Waals surface area (Å²) >= 11 is 0. The Hall–Kier alpha value is -1.10. The fourth-order valence-corrected chi connectivity index (χ4v) is 3.92. The number of likely N-dealkylation sites (N-methyl/N-ethyl adjacent to an activating group) is 1. The minimum atomic E-state index is 0. The van der Waals surface area contributed by atoms with Crippen LogP contribution < -0.4 is 5.32 Å². The Labute approximate surface area is 152 Å². The lowest BCUT2D eigenvalue weighted by Gasteiger charge is -2.37. The molecule has 0 saturated carbocycles. The standard InChI is InChI=1S/C19H29N3O.ClH/c1-20-11-8-16-6-2-3-7-18(16)19(23)22-14-9-17(10-15-22)21-12-4-5-13-21;/h2-3,6-7,17,20H,4-5,8-15H2,1H3;1H. The Morgan fingerprint density at radius 1 is 1.12 bits per heavy atom. The van der Waals surface area contributed by atoms with Crippen LogP contribution in [-0.4, -0.2) is 61.5 Å². The number of likely N-dealkylation sites (tertiary alicyclic amines) is 2. The fraction of sp³-hybridized carbons (Fsp3) is 0.632. The van der Waals surface area contributed by atoms with Crippen molar-refractivity contribution in [3.8, 4) is 0 Å². The van der Waals surface area contributed by atoms with Crippen molar-refractivity contribution in [1.82, 2.24) is 15.1 Å². The third-order valence-corrected chi connectivity index (χ3v) is 5.30. The monoisotopic (exact) mass is 351 g/mol. The Morgan fingerprint density at radius 3 is 2.46 bits per heavy atom. The maximum atomic E-state index is 12.9. The van der Waals surface area contributed by atoms with E-state index in [1.165, 1.54) is 25.9 Å². The number of carbonyl (C=O) groups excluding carboxylic acids is 1. The van der Waals surface area contributed by atoms with Gasteiger partial charge in [0.2, 0.25) is 0 Å². The van der Waals surface area contributed by atoms with Crippen LogP contribution in [0.15, 0.2) is 24.3 Å². The van der Waals surface area contributed by atoms with Gasteiger partial charge in [-0.2, -0.15) is 0 Å². The summed E-state index contributed by atoms with van der Waals surface area (Å²) in [5.41, 5.74) is 2.05. The first kappa shape index (κ1) is 19.2. The molecule has 5 heteroatoms. The number of halogens is 1. The molecule has 134 valence electrons. The van der Waals surface area contributed by atoms with Crippen molar-refractivity contribution in [2.75, 3.05) is 39.8 Å². The number of piperidine rings is 1. The number of nitrogens with one attached hydrogen (secondary N) is 1. The highest BCUT2D eigenvalue weighted by Crippen LogP contribution is 2.23. The maximum Gasteiger partial charge on any atom is 0.254 e. The Balaban J connectivity index is 0.00000208. The predicted molar refractivity (Wildman–Crippen MR) is 101 cm³/mol. The molecule has 2 heterocycles. The van der Waals surface area contributed by atoms with Gasteiger partial charge in [-0.1, -0.05) is 18.2 Å². The molecule has 0 radical (unpaired) electrons. The number of hydrogen-bond acceptors (Lipinski definition) is 3. The number of nitrogens with zero attached hydrogens (tertiary/aromatic N) is 2. The lowest BCUT2D eigenvalue weighted by atomic mass is 9.99.